The third-order valence-electron chi connectivity index (χ3n) is 2.36. The molecule has 3 N–H and O–H groups in total. The molecular formula is C11H13F2NO5S. The Bertz CT molecular complexity index is 559. The Morgan fingerprint density at radius 1 is 1.25 bits per heavy atom. The van der Waals surface area contributed by atoms with Crippen molar-refractivity contribution in [3.63, 3.8) is 0 Å². The Labute approximate surface area is 114 Å². The average Bonchev–Trinajstić information content (AvgIpc) is 2.36. The minimum Gasteiger partial charge on any atom is -0.478 e. The van der Waals surface area contributed by atoms with Gasteiger partial charge in [-0.25, -0.2) is 26.7 Å². The molecule has 1 aromatic rings. The zero-order valence-corrected chi connectivity index (χ0v) is 11.0. The number of rotatable bonds is 7. The lowest BCUT2D eigenvalue weighted by molar-refractivity contribution is -0.000456. The molecule has 0 saturated carbocycles. The van der Waals surface area contributed by atoms with Gasteiger partial charge < -0.3 is 10.2 Å². The standard InChI is InChI=1S/C11H13F2NO5S/c12-10(13)9(15)5-14-20(18,19)6-7-1-3-8(4-2-7)11(16)17/h1-4,9-10,14-15H,5-6H2,(H,16,17). The molecule has 0 aliphatic carbocycles. The molecule has 0 radical (unpaired) electrons. The van der Waals surface area contributed by atoms with E-state index in [1.54, 1.807) is 0 Å². The molecule has 0 aliphatic heterocycles. The van der Waals surface area contributed by atoms with Crippen LogP contribution in [0.1, 0.15) is 15.9 Å². The van der Waals surface area contributed by atoms with Gasteiger partial charge in [0.05, 0.1) is 11.3 Å². The molecule has 0 heterocycles. The van der Waals surface area contributed by atoms with E-state index in [9.17, 15) is 22.0 Å². The number of carboxylic acids is 1. The first-order valence-corrected chi connectivity index (χ1v) is 7.12. The van der Waals surface area contributed by atoms with Gasteiger partial charge in [0.1, 0.15) is 6.10 Å². The summed E-state index contributed by atoms with van der Waals surface area (Å²) in [7, 11) is -3.89. The first-order chi connectivity index (χ1) is 9.21. The first-order valence-electron chi connectivity index (χ1n) is 5.47. The highest BCUT2D eigenvalue weighted by Gasteiger charge is 2.20. The van der Waals surface area contributed by atoms with Gasteiger partial charge in [-0.15, -0.1) is 0 Å². The molecule has 1 atom stereocenters. The number of hydrogen-bond acceptors (Lipinski definition) is 4. The van der Waals surface area contributed by atoms with Gasteiger partial charge in [-0.05, 0) is 17.7 Å². The molecule has 6 nitrogen and oxygen atoms in total. The van der Waals surface area contributed by atoms with Crippen LogP contribution in [0.4, 0.5) is 8.78 Å². The van der Waals surface area contributed by atoms with Crippen molar-refractivity contribution in [1.29, 1.82) is 0 Å². The SMILES string of the molecule is O=C(O)c1ccc(CS(=O)(=O)NCC(O)C(F)F)cc1. The third kappa shape index (κ3) is 5.19. The summed E-state index contributed by atoms with van der Waals surface area (Å²) in [5, 5.41) is 17.5. The summed E-state index contributed by atoms with van der Waals surface area (Å²) < 4.78 is 49.0. The average molecular weight is 309 g/mol. The van der Waals surface area contributed by atoms with E-state index >= 15 is 0 Å². The monoisotopic (exact) mass is 309 g/mol. The zero-order chi connectivity index (χ0) is 15.3. The fraction of sp³-hybridized carbons (Fsp3) is 0.364. The quantitative estimate of drug-likeness (QED) is 0.677. The van der Waals surface area contributed by atoms with Gasteiger partial charge in [-0.2, -0.15) is 0 Å². The normalized spacial score (nSPS) is 13.4. The molecule has 0 spiro atoms. The van der Waals surface area contributed by atoms with Crippen molar-refractivity contribution in [3.8, 4) is 0 Å². The maximum atomic E-state index is 12.0. The summed E-state index contributed by atoms with van der Waals surface area (Å²) in [6, 6.07) is 5.10. The van der Waals surface area contributed by atoms with Gasteiger partial charge in [-0.3, -0.25) is 0 Å². The molecule has 0 fully saturated rings. The number of nitrogens with one attached hydrogen (secondary N) is 1. The zero-order valence-electron chi connectivity index (χ0n) is 10.2. The maximum absolute atomic E-state index is 12.0. The van der Waals surface area contributed by atoms with Crippen LogP contribution in [0.25, 0.3) is 0 Å². The molecule has 0 saturated heterocycles. The lowest BCUT2D eigenvalue weighted by Crippen LogP contribution is -2.36. The lowest BCUT2D eigenvalue weighted by Gasteiger charge is -2.11. The summed E-state index contributed by atoms with van der Waals surface area (Å²) in [4.78, 5) is 10.6. The van der Waals surface area contributed by atoms with Gasteiger partial charge >= 0.3 is 5.97 Å². The predicted octanol–water partition coefficient (Wildman–Crippen LogP) is 0.430. The summed E-state index contributed by atoms with van der Waals surface area (Å²) in [5.74, 6) is -1.64. The Kier molecular flexibility index (Phi) is 5.54. The van der Waals surface area contributed by atoms with Crippen molar-refractivity contribution >= 4 is 16.0 Å². The van der Waals surface area contributed by atoms with E-state index < -0.39 is 40.8 Å². The second kappa shape index (κ2) is 6.73. The second-order valence-corrected chi connectivity index (χ2v) is 5.82. The molecule has 1 aromatic carbocycles. The van der Waals surface area contributed by atoms with Gasteiger partial charge in [0, 0.05) is 6.54 Å². The van der Waals surface area contributed by atoms with Crippen molar-refractivity contribution in [1.82, 2.24) is 4.72 Å². The number of alkyl halides is 2. The first kappa shape index (κ1) is 16.5. The van der Waals surface area contributed by atoms with Crippen LogP contribution in [-0.2, 0) is 15.8 Å². The van der Waals surface area contributed by atoms with E-state index in [4.69, 9.17) is 10.2 Å². The van der Waals surface area contributed by atoms with Gasteiger partial charge in [0.15, 0.2) is 0 Å². The highest BCUT2D eigenvalue weighted by atomic mass is 32.2. The highest BCUT2D eigenvalue weighted by molar-refractivity contribution is 7.88. The lowest BCUT2D eigenvalue weighted by atomic mass is 10.1. The van der Waals surface area contributed by atoms with E-state index in [0.29, 0.717) is 5.56 Å². The van der Waals surface area contributed by atoms with Crippen molar-refractivity contribution in [2.45, 2.75) is 18.3 Å². The second-order valence-electron chi connectivity index (χ2n) is 4.01. The van der Waals surface area contributed by atoms with Crippen LogP contribution >= 0.6 is 0 Å². The van der Waals surface area contributed by atoms with Gasteiger partial charge in [0.25, 0.3) is 6.43 Å². The van der Waals surface area contributed by atoms with Crippen molar-refractivity contribution in [3.05, 3.63) is 35.4 Å². The van der Waals surface area contributed by atoms with Crippen LogP contribution in [0, 0.1) is 0 Å². The summed E-state index contributed by atoms with van der Waals surface area (Å²) in [6.07, 6.45) is -5.10. The molecule has 0 aromatic heterocycles. The number of aliphatic hydroxyl groups excluding tert-OH is 1. The number of sulfonamides is 1. The molecule has 112 valence electrons. The van der Waals surface area contributed by atoms with Crippen LogP contribution < -0.4 is 4.72 Å². The predicted molar refractivity (Wildman–Crippen MR) is 66.0 cm³/mol. The number of aliphatic hydroxyl groups is 1. The van der Waals surface area contributed by atoms with E-state index in [1.165, 1.54) is 24.3 Å². The number of carbonyl (C=O) groups is 1. The number of halogens is 2. The van der Waals surface area contributed by atoms with Crippen LogP contribution in [0.5, 0.6) is 0 Å². The van der Waals surface area contributed by atoms with E-state index in [2.05, 4.69) is 0 Å². The molecule has 1 rings (SSSR count). The number of hydrogen-bond donors (Lipinski definition) is 3. The minimum atomic E-state index is -3.89. The summed E-state index contributed by atoms with van der Waals surface area (Å²) in [6.45, 7) is -0.785. The Morgan fingerprint density at radius 3 is 2.25 bits per heavy atom. The van der Waals surface area contributed by atoms with Gasteiger partial charge in [-0.1, -0.05) is 12.1 Å². The van der Waals surface area contributed by atoms with Crippen LogP contribution in [0.15, 0.2) is 24.3 Å². The van der Waals surface area contributed by atoms with E-state index in [0.717, 1.165) is 0 Å². The van der Waals surface area contributed by atoms with Crippen LogP contribution in [-0.4, -0.2) is 43.7 Å². The van der Waals surface area contributed by atoms with Crippen molar-refractivity contribution in [2.24, 2.45) is 0 Å². The Morgan fingerprint density at radius 2 is 1.80 bits per heavy atom. The molecule has 0 bridgehead atoms. The third-order valence-corrected chi connectivity index (χ3v) is 3.68. The highest BCUT2D eigenvalue weighted by Crippen LogP contribution is 2.08. The molecule has 9 heteroatoms. The largest absolute Gasteiger partial charge is 0.478 e. The van der Waals surface area contributed by atoms with Crippen molar-refractivity contribution in [2.75, 3.05) is 6.54 Å². The smallest absolute Gasteiger partial charge is 0.335 e. The fourth-order valence-electron chi connectivity index (χ4n) is 1.32. The van der Waals surface area contributed by atoms with Gasteiger partial charge in [0.2, 0.25) is 10.0 Å². The van der Waals surface area contributed by atoms with Crippen LogP contribution in [0.2, 0.25) is 0 Å². The summed E-state index contributed by atoms with van der Waals surface area (Å²) >= 11 is 0. The molecule has 0 aliphatic rings. The molecule has 20 heavy (non-hydrogen) atoms. The number of carboxylic acid groups (broad SMARTS) is 1. The topological polar surface area (TPSA) is 104 Å². The van der Waals surface area contributed by atoms with Crippen LogP contribution in [0.3, 0.4) is 0 Å². The maximum Gasteiger partial charge on any atom is 0.335 e. The number of aromatic carboxylic acids is 1. The fourth-order valence-corrected chi connectivity index (χ4v) is 2.47. The van der Waals surface area contributed by atoms with Crippen molar-refractivity contribution < 1.29 is 32.2 Å². The number of benzene rings is 1. The summed E-state index contributed by atoms with van der Waals surface area (Å²) in [5.41, 5.74) is 0.307. The molecule has 0 amide bonds. The molecular weight excluding hydrogens is 296 g/mol. The Hall–Kier alpha value is -1.58. The van der Waals surface area contributed by atoms with E-state index in [1.807, 2.05) is 4.72 Å². The Balaban J connectivity index is 2.64. The molecule has 1 unspecified atom stereocenters. The minimum absolute atomic E-state index is 0.00669. The van der Waals surface area contributed by atoms with E-state index in [-0.39, 0.29) is 5.56 Å².